The topological polar surface area (TPSA) is 96.4 Å². The van der Waals surface area contributed by atoms with E-state index >= 15 is 0 Å². The van der Waals surface area contributed by atoms with Crippen molar-refractivity contribution in [3.8, 4) is 0 Å². The van der Waals surface area contributed by atoms with Crippen LogP contribution in [0.1, 0.15) is 66.2 Å². The third-order valence-corrected chi connectivity index (χ3v) is 8.50. The first-order valence-corrected chi connectivity index (χ1v) is 13.7. The molecule has 4 rings (SSSR count). The van der Waals surface area contributed by atoms with Crippen LogP contribution in [-0.2, 0) is 23.9 Å². The second kappa shape index (κ2) is 10.7. The second-order valence-corrected chi connectivity index (χ2v) is 11.0. The molecule has 0 aliphatic carbocycles. The molecule has 36 heavy (non-hydrogen) atoms. The molecule has 0 aromatic heterocycles. The van der Waals surface area contributed by atoms with Gasteiger partial charge in [0.25, 0.3) is 0 Å². The van der Waals surface area contributed by atoms with Crippen molar-refractivity contribution < 1.29 is 29.0 Å². The molecule has 2 fully saturated rings. The molecular weight excluding hydrogens is 460 g/mol. The first kappa shape index (κ1) is 26.9. The molecule has 0 aromatic carbocycles. The van der Waals surface area contributed by atoms with Gasteiger partial charge in [-0.15, -0.1) is 0 Å². The average Bonchev–Trinajstić information content (AvgIpc) is 3.21. The van der Waals surface area contributed by atoms with E-state index in [-0.39, 0.29) is 24.3 Å². The predicted octanol–water partition coefficient (Wildman–Crippen LogP) is 2.85. The maximum atomic E-state index is 14.3. The van der Waals surface area contributed by atoms with E-state index in [4.69, 9.17) is 9.47 Å². The summed E-state index contributed by atoms with van der Waals surface area (Å²) in [5, 5.41) is 10.3. The Balaban J connectivity index is 1.90. The second-order valence-electron chi connectivity index (χ2n) is 11.0. The fraction of sp³-hybridized carbons (Fsp3) is 0.750. The van der Waals surface area contributed by atoms with Gasteiger partial charge in [-0.25, -0.2) is 0 Å². The Morgan fingerprint density at radius 3 is 2.53 bits per heavy atom. The van der Waals surface area contributed by atoms with E-state index in [1.165, 1.54) is 0 Å². The number of rotatable bonds is 7. The lowest BCUT2D eigenvalue weighted by Gasteiger charge is -2.41. The molecule has 6 atom stereocenters. The molecule has 2 amide bonds. The minimum absolute atomic E-state index is 0.0919. The molecule has 200 valence electrons. The van der Waals surface area contributed by atoms with Gasteiger partial charge in [-0.05, 0) is 38.0 Å². The number of esters is 1. The van der Waals surface area contributed by atoms with Gasteiger partial charge in [0.15, 0.2) is 0 Å². The van der Waals surface area contributed by atoms with E-state index in [0.29, 0.717) is 26.1 Å². The molecule has 4 heterocycles. The Hall–Kier alpha value is -2.19. The third-order valence-electron chi connectivity index (χ3n) is 8.50. The molecule has 8 heteroatoms. The Bertz CT molecular complexity index is 916. The van der Waals surface area contributed by atoms with E-state index in [1.807, 2.05) is 45.1 Å². The zero-order valence-corrected chi connectivity index (χ0v) is 22.2. The number of carbonyl (C=O) groups excluding carboxylic acids is 3. The van der Waals surface area contributed by atoms with Crippen molar-refractivity contribution in [2.75, 3.05) is 26.3 Å². The Morgan fingerprint density at radius 1 is 1.08 bits per heavy atom. The Labute approximate surface area is 214 Å². The van der Waals surface area contributed by atoms with Gasteiger partial charge in [0, 0.05) is 13.1 Å². The van der Waals surface area contributed by atoms with Crippen LogP contribution in [0.25, 0.3) is 0 Å². The zero-order chi connectivity index (χ0) is 26.1. The summed E-state index contributed by atoms with van der Waals surface area (Å²) in [5.41, 5.74) is -2.36. The molecule has 4 aliphatic heterocycles. The van der Waals surface area contributed by atoms with E-state index in [2.05, 4.69) is 6.92 Å². The van der Waals surface area contributed by atoms with Crippen LogP contribution < -0.4 is 0 Å². The lowest BCUT2D eigenvalue weighted by Crippen LogP contribution is -2.59. The normalized spacial score (nSPS) is 36.3. The van der Waals surface area contributed by atoms with Crippen LogP contribution in [0.15, 0.2) is 24.3 Å². The number of amides is 2. The van der Waals surface area contributed by atoms with Crippen LogP contribution >= 0.6 is 0 Å². The number of hydrogen-bond acceptors (Lipinski definition) is 6. The standard InChI is InChI=1S/C28H42N2O6/c1-5-7-15-29-16-12-14-28-21(24(32)30(23(28)25(29)33)20(18-31)19(3)4)22-26(34)35-17-11-9-8-10-13-27(22,6-2)36-28/h10,12-14,19-23,31H,5-9,11,15-18H2,1-4H3/b13-10-/t20-,21-,22+,23?,27-,28-/m0/s1. The zero-order valence-electron chi connectivity index (χ0n) is 22.2. The number of aliphatic hydroxyl groups is 1. The van der Waals surface area contributed by atoms with Crippen molar-refractivity contribution >= 4 is 17.8 Å². The maximum absolute atomic E-state index is 14.3. The van der Waals surface area contributed by atoms with Gasteiger partial charge in [0.2, 0.25) is 11.8 Å². The number of carbonyl (C=O) groups is 3. The predicted molar refractivity (Wildman–Crippen MR) is 135 cm³/mol. The van der Waals surface area contributed by atoms with Crippen LogP contribution in [-0.4, -0.2) is 82.3 Å². The van der Waals surface area contributed by atoms with E-state index < -0.39 is 41.1 Å². The monoisotopic (exact) mass is 502 g/mol. The summed E-state index contributed by atoms with van der Waals surface area (Å²) >= 11 is 0. The average molecular weight is 503 g/mol. The van der Waals surface area contributed by atoms with E-state index in [9.17, 15) is 19.5 Å². The summed E-state index contributed by atoms with van der Waals surface area (Å²) in [4.78, 5) is 45.5. The molecule has 0 aromatic rings. The number of hydrogen-bond donors (Lipinski definition) is 1. The largest absolute Gasteiger partial charge is 0.465 e. The molecule has 0 radical (unpaired) electrons. The number of likely N-dealkylation sites (tertiary alicyclic amines) is 1. The molecule has 0 bridgehead atoms. The Morgan fingerprint density at radius 2 is 1.86 bits per heavy atom. The number of nitrogens with zero attached hydrogens (tertiary/aromatic N) is 2. The maximum Gasteiger partial charge on any atom is 0.313 e. The van der Waals surface area contributed by atoms with Crippen LogP contribution in [0.5, 0.6) is 0 Å². The molecule has 2 saturated heterocycles. The number of aliphatic hydroxyl groups excluding tert-OH is 1. The van der Waals surface area contributed by atoms with Crippen molar-refractivity contribution in [2.24, 2.45) is 17.8 Å². The highest BCUT2D eigenvalue weighted by molar-refractivity contribution is 5.99. The van der Waals surface area contributed by atoms with Gasteiger partial charge in [-0.1, -0.05) is 58.4 Å². The van der Waals surface area contributed by atoms with Gasteiger partial charge in [0.05, 0.1) is 25.2 Å². The smallest absolute Gasteiger partial charge is 0.313 e. The summed E-state index contributed by atoms with van der Waals surface area (Å²) < 4.78 is 12.6. The summed E-state index contributed by atoms with van der Waals surface area (Å²) in [7, 11) is 0. The number of ether oxygens (including phenoxy) is 2. The lowest BCUT2D eigenvalue weighted by molar-refractivity contribution is -0.164. The number of unbranched alkanes of at least 4 members (excludes halogenated alkanes) is 1. The summed E-state index contributed by atoms with van der Waals surface area (Å²) in [5.74, 6) is -2.81. The molecule has 8 nitrogen and oxygen atoms in total. The SMILES string of the molecule is CCCCN1CC=C[C@]23O[C@@]4(CC)/C=C\CCCCOC(=O)[C@H]4[C@H]2C(=O)N([C@@H](CO)C(C)C)C3C1=O. The van der Waals surface area contributed by atoms with Gasteiger partial charge in [-0.3, -0.25) is 14.4 Å². The van der Waals surface area contributed by atoms with Crippen molar-refractivity contribution in [2.45, 2.75) is 89.5 Å². The number of cyclic esters (lactones) is 1. The molecule has 1 N–H and O–H groups in total. The van der Waals surface area contributed by atoms with Gasteiger partial charge < -0.3 is 24.4 Å². The summed E-state index contributed by atoms with van der Waals surface area (Å²) in [6.07, 6.45) is 12.5. The molecule has 4 aliphatic rings. The van der Waals surface area contributed by atoms with Crippen molar-refractivity contribution in [3.05, 3.63) is 24.3 Å². The molecular formula is C28H42N2O6. The van der Waals surface area contributed by atoms with Crippen LogP contribution in [0, 0.1) is 17.8 Å². The quantitative estimate of drug-likeness (QED) is 0.425. The highest BCUT2D eigenvalue weighted by atomic mass is 16.6. The van der Waals surface area contributed by atoms with E-state index in [1.54, 1.807) is 9.80 Å². The first-order chi connectivity index (χ1) is 17.3. The highest BCUT2D eigenvalue weighted by Gasteiger charge is 2.75. The van der Waals surface area contributed by atoms with Crippen molar-refractivity contribution in [1.82, 2.24) is 9.80 Å². The summed E-state index contributed by atoms with van der Waals surface area (Å²) in [6.45, 7) is 8.91. The van der Waals surface area contributed by atoms with Gasteiger partial charge in [-0.2, -0.15) is 0 Å². The van der Waals surface area contributed by atoms with E-state index in [0.717, 1.165) is 32.1 Å². The molecule has 0 saturated carbocycles. The fourth-order valence-electron chi connectivity index (χ4n) is 6.55. The van der Waals surface area contributed by atoms with Crippen LogP contribution in [0.3, 0.4) is 0 Å². The van der Waals surface area contributed by atoms with Crippen molar-refractivity contribution in [1.29, 1.82) is 0 Å². The first-order valence-electron chi connectivity index (χ1n) is 13.7. The highest BCUT2D eigenvalue weighted by Crippen LogP contribution is 2.58. The fourth-order valence-corrected chi connectivity index (χ4v) is 6.55. The summed E-state index contributed by atoms with van der Waals surface area (Å²) in [6, 6.07) is -1.52. The molecule has 1 spiro atoms. The molecule has 1 unspecified atom stereocenters. The number of allylic oxidation sites excluding steroid dienone is 1. The van der Waals surface area contributed by atoms with Crippen LogP contribution in [0.4, 0.5) is 0 Å². The minimum atomic E-state index is -1.31. The minimum Gasteiger partial charge on any atom is -0.465 e. The Kier molecular flexibility index (Phi) is 7.95. The number of fused-ring (bicyclic) bond motifs is 2. The lowest BCUT2D eigenvalue weighted by atomic mass is 9.73. The van der Waals surface area contributed by atoms with Crippen molar-refractivity contribution in [3.63, 3.8) is 0 Å². The van der Waals surface area contributed by atoms with Crippen LogP contribution in [0.2, 0.25) is 0 Å². The third kappa shape index (κ3) is 4.20. The van der Waals surface area contributed by atoms with Gasteiger partial charge in [0.1, 0.15) is 23.2 Å². The van der Waals surface area contributed by atoms with Gasteiger partial charge >= 0.3 is 5.97 Å².